The van der Waals surface area contributed by atoms with Gasteiger partial charge in [-0.2, -0.15) is 0 Å². The Hall–Kier alpha value is -2.36. The first kappa shape index (κ1) is 19.0. The summed E-state index contributed by atoms with van der Waals surface area (Å²) in [6, 6.07) is -1.97. The van der Waals surface area contributed by atoms with Crippen LogP contribution in [-0.4, -0.2) is 81.6 Å². The van der Waals surface area contributed by atoms with E-state index in [0.29, 0.717) is 32.4 Å². The highest BCUT2D eigenvalue weighted by Gasteiger charge is 2.41. The molecule has 0 aliphatic carbocycles. The second kappa shape index (κ2) is 7.68. The van der Waals surface area contributed by atoms with Crippen LogP contribution < -0.4 is 11.1 Å². The van der Waals surface area contributed by atoms with E-state index in [9.17, 15) is 24.3 Å². The van der Waals surface area contributed by atoms with E-state index in [0.717, 1.165) is 0 Å². The Morgan fingerprint density at radius 1 is 1.20 bits per heavy atom. The van der Waals surface area contributed by atoms with Gasteiger partial charge in [0.1, 0.15) is 12.1 Å². The molecule has 2 aliphatic rings. The Morgan fingerprint density at radius 2 is 1.88 bits per heavy atom. The molecular weight excluding hydrogens is 332 g/mol. The highest BCUT2D eigenvalue weighted by atomic mass is 16.4. The molecule has 2 heterocycles. The number of aliphatic hydroxyl groups is 1. The SMILES string of the molecule is C[C@@H](O)[C@H](NC(=O)[C@@H]1CCCN1C(=O)[C@@H]1CCN(C(=O)O)C1)C(N)=O. The molecule has 25 heavy (non-hydrogen) atoms. The number of nitrogens with two attached hydrogens (primary N) is 1. The van der Waals surface area contributed by atoms with Gasteiger partial charge in [-0.15, -0.1) is 0 Å². The molecule has 2 aliphatic heterocycles. The maximum atomic E-state index is 12.7. The normalized spacial score (nSPS) is 25.5. The maximum Gasteiger partial charge on any atom is 0.407 e. The molecule has 2 rings (SSSR count). The van der Waals surface area contributed by atoms with Crippen LogP contribution in [0.4, 0.5) is 4.79 Å². The molecule has 2 saturated heterocycles. The lowest BCUT2D eigenvalue weighted by atomic mass is 10.1. The molecule has 0 unspecified atom stereocenters. The number of nitrogens with zero attached hydrogens (tertiary/aromatic N) is 2. The fraction of sp³-hybridized carbons (Fsp3) is 0.733. The number of amides is 4. The Kier molecular flexibility index (Phi) is 5.83. The van der Waals surface area contributed by atoms with Crippen LogP contribution in [0.25, 0.3) is 0 Å². The van der Waals surface area contributed by atoms with Gasteiger partial charge in [0.15, 0.2) is 0 Å². The molecule has 0 aromatic rings. The van der Waals surface area contributed by atoms with Crippen LogP contribution in [-0.2, 0) is 14.4 Å². The molecule has 0 aromatic heterocycles. The van der Waals surface area contributed by atoms with Gasteiger partial charge in [0.2, 0.25) is 17.7 Å². The minimum absolute atomic E-state index is 0.122. The second-order valence-electron chi connectivity index (χ2n) is 6.53. The number of nitrogens with one attached hydrogen (secondary N) is 1. The van der Waals surface area contributed by atoms with E-state index in [2.05, 4.69) is 5.32 Å². The standard InChI is InChI=1S/C15H24N4O6/c1-8(20)11(12(16)21)17-13(22)10-3-2-5-19(10)14(23)9-4-6-18(7-9)15(24)25/h8-11,20H,2-7H2,1H3,(H2,16,21)(H,17,22)(H,24,25)/t8-,9-,10+,11+/m1/s1. The van der Waals surface area contributed by atoms with Gasteiger partial charge in [-0.3, -0.25) is 14.4 Å². The number of aliphatic hydroxyl groups excluding tert-OH is 1. The summed E-state index contributed by atoms with van der Waals surface area (Å²) in [6.07, 6.45) is -0.709. The summed E-state index contributed by atoms with van der Waals surface area (Å²) in [7, 11) is 0. The van der Waals surface area contributed by atoms with Gasteiger partial charge in [0.25, 0.3) is 0 Å². The van der Waals surface area contributed by atoms with Crippen molar-refractivity contribution in [1.29, 1.82) is 0 Å². The molecule has 4 atom stereocenters. The van der Waals surface area contributed by atoms with E-state index in [1.165, 1.54) is 16.7 Å². The summed E-state index contributed by atoms with van der Waals surface area (Å²) >= 11 is 0. The van der Waals surface area contributed by atoms with Crippen molar-refractivity contribution in [3.8, 4) is 0 Å². The Bertz CT molecular complexity index is 566. The van der Waals surface area contributed by atoms with Crippen molar-refractivity contribution in [1.82, 2.24) is 15.1 Å². The van der Waals surface area contributed by atoms with E-state index in [4.69, 9.17) is 10.8 Å². The Balaban J connectivity index is 2.02. The zero-order valence-corrected chi connectivity index (χ0v) is 14.1. The molecule has 10 nitrogen and oxygen atoms in total. The first-order valence-electron chi connectivity index (χ1n) is 8.28. The maximum absolute atomic E-state index is 12.7. The van der Waals surface area contributed by atoms with E-state index < -0.39 is 42.0 Å². The third-order valence-electron chi connectivity index (χ3n) is 4.73. The Morgan fingerprint density at radius 3 is 2.40 bits per heavy atom. The first-order chi connectivity index (χ1) is 11.7. The molecule has 10 heteroatoms. The molecule has 0 saturated carbocycles. The van der Waals surface area contributed by atoms with Gasteiger partial charge in [-0.1, -0.05) is 0 Å². The van der Waals surface area contributed by atoms with Crippen LogP contribution in [0.3, 0.4) is 0 Å². The van der Waals surface area contributed by atoms with Gasteiger partial charge in [-0.25, -0.2) is 4.79 Å². The number of likely N-dealkylation sites (tertiary alicyclic amines) is 2. The highest BCUT2D eigenvalue weighted by molar-refractivity contribution is 5.92. The number of carbonyl (C=O) groups is 4. The quantitative estimate of drug-likeness (QED) is 0.462. The summed E-state index contributed by atoms with van der Waals surface area (Å²) in [4.78, 5) is 50.0. The molecule has 140 valence electrons. The third kappa shape index (κ3) is 4.19. The van der Waals surface area contributed by atoms with Gasteiger partial charge in [0.05, 0.1) is 12.0 Å². The summed E-state index contributed by atoms with van der Waals surface area (Å²) in [5.41, 5.74) is 5.17. The fourth-order valence-electron chi connectivity index (χ4n) is 3.35. The number of hydrogen-bond donors (Lipinski definition) is 4. The number of hydrogen-bond acceptors (Lipinski definition) is 5. The van der Waals surface area contributed by atoms with Crippen molar-refractivity contribution < 1.29 is 29.4 Å². The van der Waals surface area contributed by atoms with Gasteiger partial charge in [-0.05, 0) is 26.2 Å². The summed E-state index contributed by atoms with van der Waals surface area (Å²) in [6.45, 7) is 2.15. The van der Waals surface area contributed by atoms with Crippen molar-refractivity contribution in [2.45, 2.75) is 44.4 Å². The van der Waals surface area contributed by atoms with Crippen LogP contribution in [0.5, 0.6) is 0 Å². The molecule has 0 bridgehead atoms. The van der Waals surface area contributed by atoms with Crippen LogP contribution in [0, 0.1) is 5.92 Å². The minimum Gasteiger partial charge on any atom is -0.465 e. The van der Waals surface area contributed by atoms with E-state index in [-0.39, 0.29) is 12.5 Å². The topological polar surface area (TPSA) is 153 Å². The second-order valence-corrected chi connectivity index (χ2v) is 6.53. The molecule has 0 spiro atoms. The predicted octanol–water partition coefficient (Wildman–Crippen LogP) is -1.67. The van der Waals surface area contributed by atoms with Crippen molar-refractivity contribution in [3.63, 3.8) is 0 Å². The van der Waals surface area contributed by atoms with Crippen molar-refractivity contribution in [3.05, 3.63) is 0 Å². The third-order valence-corrected chi connectivity index (χ3v) is 4.73. The van der Waals surface area contributed by atoms with Crippen LogP contribution in [0.15, 0.2) is 0 Å². The minimum atomic E-state index is -1.22. The van der Waals surface area contributed by atoms with E-state index in [1.807, 2.05) is 0 Å². The zero-order valence-electron chi connectivity index (χ0n) is 14.1. The monoisotopic (exact) mass is 356 g/mol. The van der Waals surface area contributed by atoms with Crippen molar-refractivity contribution in [2.75, 3.05) is 19.6 Å². The average molecular weight is 356 g/mol. The Labute approximate surface area is 144 Å². The van der Waals surface area contributed by atoms with Crippen molar-refractivity contribution in [2.24, 2.45) is 11.7 Å². The van der Waals surface area contributed by atoms with Gasteiger partial charge >= 0.3 is 6.09 Å². The smallest absolute Gasteiger partial charge is 0.407 e. The predicted molar refractivity (Wildman–Crippen MR) is 85.2 cm³/mol. The van der Waals surface area contributed by atoms with E-state index in [1.54, 1.807) is 0 Å². The largest absolute Gasteiger partial charge is 0.465 e. The van der Waals surface area contributed by atoms with Crippen LogP contribution in [0.2, 0.25) is 0 Å². The van der Waals surface area contributed by atoms with Crippen LogP contribution >= 0.6 is 0 Å². The molecular formula is C15H24N4O6. The number of carboxylic acid groups (broad SMARTS) is 1. The average Bonchev–Trinajstić information content (AvgIpc) is 3.19. The van der Waals surface area contributed by atoms with Gasteiger partial charge in [0, 0.05) is 19.6 Å². The summed E-state index contributed by atoms with van der Waals surface area (Å²) in [5, 5.41) is 20.9. The molecule has 2 fully saturated rings. The zero-order chi connectivity index (χ0) is 18.7. The molecule has 4 amide bonds. The van der Waals surface area contributed by atoms with Crippen LogP contribution in [0.1, 0.15) is 26.2 Å². The number of primary amides is 1. The fourth-order valence-corrected chi connectivity index (χ4v) is 3.35. The number of carbonyl (C=O) groups excluding carboxylic acids is 3. The number of rotatable bonds is 5. The molecule has 0 aromatic carbocycles. The highest BCUT2D eigenvalue weighted by Crippen LogP contribution is 2.25. The first-order valence-corrected chi connectivity index (χ1v) is 8.28. The summed E-state index contributed by atoms with van der Waals surface area (Å²) in [5.74, 6) is -2.11. The van der Waals surface area contributed by atoms with Crippen molar-refractivity contribution >= 4 is 23.8 Å². The molecule has 5 N–H and O–H groups in total. The lowest BCUT2D eigenvalue weighted by Gasteiger charge is -2.28. The summed E-state index contributed by atoms with van der Waals surface area (Å²) < 4.78 is 0. The molecule has 0 radical (unpaired) electrons. The lowest BCUT2D eigenvalue weighted by Crippen LogP contribution is -2.56. The van der Waals surface area contributed by atoms with Gasteiger partial charge < -0.3 is 31.1 Å². The van der Waals surface area contributed by atoms with E-state index >= 15 is 0 Å². The lowest BCUT2D eigenvalue weighted by molar-refractivity contribution is -0.142.